The molecule has 4 heteroatoms. The average molecular weight is 271 g/mol. The smallest absolute Gasteiger partial charge is 0.244 e. The highest BCUT2D eigenvalue weighted by Gasteiger charge is 2.30. The fourth-order valence-corrected chi connectivity index (χ4v) is 1.54. The Balaban J connectivity index is 0.00000289. The van der Waals surface area contributed by atoms with Crippen LogP contribution in [0.15, 0.2) is 24.3 Å². The zero-order valence-corrected chi connectivity index (χ0v) is 12.5. The Morgan fingerprint density at radius 3 is 2.33 bits per heavy atom. The lowest BCUT2D eigenvalue weighted by Gasteiger charge is -2.30. The molecule has 1 atom stereocenters. The Hall–Kier alpha value is -1.06. The van der Waals surface area contributed by atoms with E-state index in [4.69, 9.17) is 5.73 Å². The van der Waals surface area contributed by atoms with Gasteiger partial charge in [0.1, 0.15) is 0 Å². The van der Waals surface area contributed by atoms with Crippen molar-refractivity contribution in [2.45, 2.75) is 33.7 Å². The van der Waals surface area contributed by atoms with E-state index < -0.39 is 6.04 Å². The molecule has 0 radical (unpaired) electrons. The van der Waals surface area contributed by atoms with E-state index in [9.17, 15) is 4.79 Å². The predicted molar refractivity (Wildman–Crippen MR) is 79.3 cm³/mol. The number of benzene rings is 1. The third-order valence-electron chi connectivity index (χ3n) is 2.92. The van der Waals surface area contributed by atoms with E-state index in [0.29, 0.717) is 0 Å². The van der Waals surface area contributed by atoms with Crippen LogP contribution in [0.5, 0.6) is 0 Å². The highest BCUT2D eigenvalue weighted by Crippen LogP contribution is 2.22. The summed E-state index contributed by atoms with van der Waals surface area (Å²) in [7, 11) is 1.77. The monoisotopic (exact) mass is 270 g/mol. The van der Waals surface area contributed by atoms with Gasteiger partial charge < -0.3 is 10.6 Å². The summed E-state index contributed by atoms with van der Waals surface area (Å²) >= 11 is 0. The summed E-state index contributed by atoms with van der Waals surface area (Å²) in [5.74, 6) is -0.0527. The second kappa shape index (κ2) is 6.21. The number of aryl methyl sites for hydroxylation is 1. The molecule has 0 aliphatic heterocycles. The molecule has 18 heavy (non-hydrogen) atoms. The summed E-state index contributed by atoms with van der Waals surface area (Å²) in [4.78, 5) is 13.8. The molecule has 1 aromatic rings. The number of anilines is 1. The van der Waals surface area contributed by atoms with Crippen LogP contribution < -0.4 is 10.6 Å². The molecule has 0 saturated heterocycles. The molecule has 0 fully saturated rings. The largest absolute Gasteiger partial charge is 0.319 e. The summed E-state index contributed by atoms with van der Waals surface area (Å²) in [5, 5.41) is 0. The molecule has 1 aromatic carbocycles. The summed E-state index contributed by atoms with van der Waals surface area (Å²) in [6.45, 7) is 7.92. The van der Waals surface area contributed by atoms with E-state index in [1.807, 2.05) is 52.0 Å². The lowest BCUT2D eigenvalue weighted by molar-refractivity contribution is -0.121. The maximum Gasteiger partial charge on any atom is 0.244 e. The van der Waals surface area contributed by atoms with Crippen LogP contribution in [0, 0.1) is 12.3 Å². The van der Waals surface area contributed by atoms with Crippen molar-refractivity contribution < 1.29 is 4.79 Å². The van der Waals surface area contributed by atoms with E-state index >= 15 is 0 Å². The molecule has 0 aromatic heterocycles. The minimum absolute atomic E-state index is 0. The highest BCUT2D eigenvalue weighted by atomic mass is 35.5. The van der Waals surface area contributed by atoms with Gasteiger partial charge in [-0.2, -0.15) is 0 Å². The Kier molecular flexibility index (Phi) is 5.84. The maximum atomic E-state index is 12.2. The van der Waals surface area contributed by atoms with Gasteiger partial charge in [0.15, 0.2) is 0 Å². The van der Waals surface area contributed by atoms with Crippen LogP contribution in [0.1, 0.15) is 26.3 Å². The second-order valence-corrected chi connectivity index (χ2v) is 5.58. The summed E-state index contributed by atoms with van der Waals surface area (Å²) in [6.07, 6.45) is 0. The fraction of sp³-hybridized carbons (Fsp3) is 0.500. The second-order valence-electron chi connectivity index (χ2n) is 5.58. The van der Waals surface area contributed by atoms with E-state index in [-0.39, 0.29) is 23.7 Å². The topological polar surface area (TPSA) is 46.3 Å². The molecule has 0 spiro atoms. The van der Waals surface area contributed by atoms with Crippen molar-refractivity contribution in [1.82, 2.24) is 0 Å². The standard InChI is InChI=1S/C14H22N2O.ClH/c1-10-7-6-8-11(9-10)16(5)13(17)12(15)14(2,3)4;/h6-9,12H,15H2,1-5H3;1H/t12-;/m1./s1. The van der Waals surface area contributed by atoms with Gasteiger partial charge in [-0.15, -0.1) is 12.4 Å². The molecule has 102 valence electrons. The Bertz CT molecular complexity index is 413. The number of nitrogens with two attached hydrogens (primary N) is 1. The average Bonchev–Trinajstić information content (AvgIpc) is 2.25. The van der Waals surface area contributed by atoms with E-state index in [1.165, 1.54) is 0 Å². The Labute approximate surface area is 116 Å². The number of nitrogens with zero attached hydrogens (tertiary/aromatic N) is 1. The lowest BCUT2D eigenvalue weighted by Crippen LogP contribution is -2.49. The van der Waals surface area contributed by atoms with Crippen molar-refractivity contribution >= 4 is 24.0 Å². The minimum atomic E-state index is -0.493. The van der Waals surface area contributed by atoms with Crippen LogP contribution in [0.4, 0.5) is 5.69 Å². The number of carbonyl (C=O) groups is 1. The molecule has 1 amide bonds. The highest BCUT2D eigenvalue weighted by molar-refractivity contribution is 5.97. The lowest BCUT2D eigenvalue weighted by atomic mass is 9.86. The van der Waals surface area contributed by atoms with Crippen molar-refractivity contribution in [3.05, 3.63) is 29.8 Å². The predicted octanol–water partition coefficient (Wildman–Crippen LogP) is 2.75. The van der Waals surface area contributed by atoms with Gasteiger partial charge >= 0.3 is 0 Å². The first kappa shape index (κ1) is 16.9. The molecule has 0 aliphatic carbocycles. The number of likely N-dealkylation sites (N-methyl/N-ethyl adjacent to an activating group) is 1. The molecule has 0 saturated carbocycles. The molecule has 3 nitrogen and oxygen atoms in total. The van der Waals surface area contributed by atoms with Crippen molar-refractivity contribution in [3.63, 3.8) is 0 Å². The van der Waals surface area contributed by atoms with Gasteiger partial charge in [0.05, 0.1) is 6.04 Å². The number of carbonyl (C=O) groups excluding carboxylic acids is 1. The van der Waals surface area contributed by atoms with E-state index in [0.717, 1.165) is 11.3 Å². The van der Waals surface area contributed by atoms with Crippen molar-refractivity contribution in [3.8, 4) is 0 Å². The van der Waals surface area contributed by atoms with Crippen LogP contribution in [0.3, 0.4) is 0 Å². The number of halogens is 1. The van der Waals surface area contributed by atoms with Crippen LogP contribution in [-0.2, 0) is 4.79 Å². The van der Waals surface area contributed by atoms with Crippen molar-refractivity contribution in [2.24, 2.45) is 11.1 Å². The quantitative estimate of drug-likeness (QED) is 0.898. The fourth-order valence-electron chi connectivity index (χ4n) is 1.54. The summed E-state index contributed by atoms with van der Waals surface area (Å²) in [6, 6.07) is 7.35. The van der Waals surface area contributed by atoms with Crippen LogP contribution >= 0.6 is 12.4 Å². The SMILES string of the molecule is Cc1cccc(N(C)C(=O)[C@@H](N)C(C)(C)C)c1.Cl. The zero-order chi connectivity index (χ0) is 13.2. The third-order valence-corrected chi connectivity index (χ3v) is 2.92. The number of hydrogen-bond acceptors (Lipinski definition) is 2. The summed E-state index contributed by atoms with van der Waals surface area (Å²) < 4.78 is 0. The number of amides is 1. The molecular formula is C14H23ClN2O. The van der Waals surface area contributed by atoms with Gasteiger partial charge in [0.2, 0.25) is 5.91 Å². The van der Waals surface area contributed by atoms with Gasteiger partial charge in [-0.3, -0.25) is 4.79 Å². The minimum Gasteiger partial charge on any atom is -0.319 e. The Morgan fingerprint density at radius 2 is 1.89 bits per heavy atom. The molecule has 0 bridgehead atoms. The molecular weight excluding hydrogens is 248 g/mol. The van der Waals surface area contributed by atoms with Gasteiger partial charge in [0, 0.05) is 12.7 Å². The van der Waals surface area contributed by atoms with Gasteiger partial charge in [0.25, 0.3) is 0 Å². The molecule has 2 N–H and O–H groups in total. The van der Waals surface area contributed by atoms with Gasteiger partial charge in [-0.25, -0.2) is 0 Å². The molecule has 0 aliphatic rings. The first-order valence-electron chi connectivity index (χ1n) is 5.83. The molecule has 0 unspecified atom stereocenters. The molecule has 0 heterocycles. The maximum absolute atomic E-state index is 12.2. The number of rotatable bonds is 2. The third kappa shape index (κ3) is 4.00. The summed E-state index contributed by atoms with van der Waals surface area (Å²) in [5.41, 5.74) is 7.77. The first-order chi connectivity index (χ1) is 7.73. The normalized spacial score (nSPS) is 12.6. The van der Waals surface area contributed by atoms with Crippen molar-refractivity contribution in [1.29, 1.82) is 0 Å². The van der Waals surface area contributed by atoms with Crippen LogP contribution in [0.2, 0.25) is 0 Å². The van der Waals surface area contributed by atoms with Crippen LogP contribution in [-0.4, -0.2) is 19.0 Å². The van der Waals surface area contributed by atoms with Crippen molar-refractivity contribution in [2.75, 3.05) is 11.9 Å². The molecule has 1 rings (SSSR count). The van der Waals surface area contributed by atoms with E-state index in [1.54, 1.807) is 11.9 Å². The van der Waals surface area contributed by atoms with Gasteiger partial charge in [-0.1, -0.05) is 32.9 Å². The Morgan fingerprint density at radius 1 is 1.33 bits per heavy atom. The number of hydrogen-bond donors (Lipinski definition) is 1. The van der Waals surface area contributed by atoms with E-state index in [2.05, 4.69) is 0 Å². The van der Waals surface area contributed by atoms with Crippen LogP contribution in [0.25, 0.3) is 0 Å². The first-order valence-corrected chi connectivity index (χ1v) is 5.83. The zero-order valence-electron chi connectivity index (χ0n) is 11.7. The van der Waals surface area contributed by atoms with Gasteiger partial charge in [-0.05, 0) is 30.0 Å².